The molecule has 2 unspecified atom stereocenters. The van der Waals surface area contributed by atoms with E-state index in [-0.39, 0.29) is 11.5 Å². The number of nitrogens with two attached hydrogens (primary N) is 1. The summed E-state index contributed by atoms with van der Waals surface area (Å²) in [6.45, 7) is 3.57. The van der Waals surface area contributed by atoms with Gasteiger partial charge in [0, 0.05) is 6.61 Å². The number of anilines is 1. The normalized spacial score (nSPS) is 24.1. The van der Waals surface area contributed by atoms with Gasteiger partial charge in [-0.2, -0.15) is 0 Å². The average molecular weight is 251 g/mol. The van der Waals surface area contributed by atoms with E-state index in [0.717, 1.165) is 18.1 Å². The summed E-state index contributed by atoms with van der Waals surface area (Å²) in [7, 11) is 0. The molecule has 1 saturated carbocycles. The molecule has 0 aromatic heterocycles. The van der Waals surface area contributed by atoms with E-state index in [1.807, 2.05) is 6.07 Å². The van der Waals surface area contributed by atoms with Crippen LogP contribution in [0, 0.1) is 17.7 Å². The summed E-state index contributed by atoms with van der Waals surface area (Å²) < 4.78 is 18.9. The zero-order chi connectivity index (χ0) is 13.0. The van der Waals surface area contributed by atoms with Crippen LogP contribution in [0.5, 0.6) is 0 Å². The maximum Gasteiger partial charge on any atom is 0.146 e. The predicted octanol–water partition coefficient (Wildman–Crippen LogP) is 3.75. The first kappa shape index (κ1) is 13.3. The van der Waals surface area contributed by atoms with Crippen molar-refractivity contribution < 1.29 is 9.13 Å². The van der Waals surface area contributed by atoms with Gasteiger partial charge in [-0.1, -0.05) is 25.8 Å². The molecule has 1 aliphatic rings. The highest BCUT2D eigenvalue weighted by Gasteiger charge is 2.18. The lowest BCUT2D eigenvalue weighted by molar-refractivity contribution is 0.0657. The number of hydrogen-bond donors (Lipinski definition) is 1. The molecule has 1 fully saturated rings. The summed E-state index contributed by atoms with van der Waals surface area (Å²) in [4.78, 5) is 0. The van der Waals surface area contributed by atoms with Crippen LogP contribution in [0.2, 0.25) is 0 Å². The highest BCUT2D eigenvalue weighted by Crippen LogP contribution is 2.28. The van der Waals surface area contributed by atoms with Crippen molar-refractivity contribution in [3.8, 4) is 0 Å². The maximum absolute atomic E-state index is 13.2. The Hall–Kier alpha value is -1.09. The van der Waals surface area contributed by atoms with Crippen molar-refractivity contribution in [2.45, 2.75) is 39.2 Å². The van der Waals surface area contributed by atoms with E-state index in [2.05, 4.69) is 6.92 Å². The van der Waals surface area contributed by atoms with E-state index in [1.165, 1.54) is 31.7 Å². The molecule has 0 radical (unpaired) electrons. The number of halogens is 1. The molecule has 1 aromatic carbocycles. The van der Waals surface area contributed by atoms with Gasteiger partial charge >= 0.3 is 0 Å². The Balaban J connectivity index is 1.76. The lowest BCUT2D eigenvalue weighted by Crippen LogP contribution is -2.18. The number of nitrogen functional groups attached to an aromatic ring is 1. The minimum absolute atomic E-state index is 0.194. The van der Waals surface area contributed by atoms with Gasteiger partial charge in [0.1, 0.15) is 5.82 Å². The van der Waals surface area contributed by atoms with Crippen LogP contribution in [0.25, 0.3) is 0 Å². The van der Waals surface area contributed by atoms with Crippen molar-refractivity contribution in [2.24, 2.45) is 11.8 Å². The SMILES string of the molecule is CC1CCCC(COCc2ccc(N)c(F)c2)C1. The molecule has 0 saturated heterocycles. The van der Waals surface area contributed by atoms with Gasteiger partial charge < -0.3 is 10.5 Å². The van der Waals surface area contributed by atoms with Crippen LogP contribution in [-0.2, 0) is 11.3 Å². The topological polar surface area (TPSA) is 35.2 Å². The van der Waals surface area contributed by atoms with Crippen LogP contribution in [-0.4, -0.2) is 6.61 Å². The Labute approximate surface area is 108 Å². The predicted molar refractivity (Wildman–Crippen MR) is 71.6 cm³/mol. The van der Waals surface area contributed by atoms with E-state index in [0.29, 0.717) is 12.5 Å². The minimum atomic E-state index is -0.359. The Morgan fingerprint density at radius 3 is 2.94 bits per heavy atom. The summed E-state index contributed by atoms with van der Waals surface area (Å²) >= 11 is 0. The molecule has 2 atom stereocenters. The van der Waals surface area contributed by atoms with Gasteiger partial charge in [-0.05, 0) is 42.4 Å². The first-order chi connectivity index (χ1) is 8.65. The quantitative estimate of drug-likeness (QED) is 0.827. The van der Waals surface area contributed by atoms with E-state index in [1.54, 1.807) is 6.07 Å². The van der Waals surface area contributed by atoms with Crippen LogP contribution in [0.3, 0.4) is 0 Å². The molecule has 100 valence electrons. The first-order valence-corrected chi connectivity index (χ1v) is 6.77. The fourth-order valence-corrected chi connectivity index (χ4v) is 2.71. The molecule has 18 heavy (non-hydrogen) atoms. The standard InChI is InChI=1S/C15H22FNO/c1-11-3-2-4-12(7-11)9-18-10-13-5-6-15(17)14(16)8-13/h5-6,8,11-12H,2-4,7,9-10,17H2,1H3. The molecule has 2 rings (SSSR count). The highest BCUT2D eigenvalue weighted by atomic mass is 19.1. The summed E-state index contributed by atoms with van der Waals surface area (Å²) in [6, 6.07) is 4.87. The smallest absolute Gasteiger partial charge is 0.146 e. The van der Waals surface area contributed by atoms with Gasteiger partial charge in [-0.3, -0.25) is 0 Å². The molecule has 1 aromatic rings. The maximum atomic E-state index is 13.2. The van der Waals surface area contributed by atoms with Gasteiger partial charge in [0.2, 0.25) is 0 Å². The summed E-state index contributed by atoms with van der Waals surface area (Å²) in [5.74, 6) is 1.14. The van der Waals surface area contributed by atoms with Gasteiger partial charge in [-0.15, -0.1) is 0 Å². The third-order valence-electron chi connectivity index (χ3n) is 3.73. The second-order valence-corrected chi connectivity index (χ2v) is 5.51. The van der Waals surface area contributed by atoms with Crippen LogP contribution in [0.15, 0.2) is 18.2 Å². The molecule has 2 N–H and O–H groups in total. The summed E-state index contributed by atoms with van der Waals surface area (Å²) in [6.07, 6.45) is 5.18. The number of hydrogen-bond acceptors (Lipinski definition) is 2. The van der Waals surface area contributed by atoms with Gasteiger partial charge in [-0.25, -0.2) is 4.39 Å². The molecule has 0 spiro atoms. The van der Waals surface area contributed by atoms with Crippen LogP contribution in [0.4, 0.5) is 10.1 Å². The first-order valence-electron chi connectivity index (χ1n) is 6.77. The molecular formula is C15H22FNO. The van der Waals surface area contributed by atoms with Crippen molar-refractivity contribution in [1.82, 2.24) is 0 Å². The zero-order valence-electron chi connectivity index (χ0n) is 11.0. The van der Waals surface area contributed by atoms with Gasteiger partial charge in [0.25, 0.3) is 0 Å². The second kappa shape index (κ2) is 6.19. The second-order valence-electron chi connectivity index (χ2n) is 5.51. The third kappa shape index (κ3) is 3.70. The Bertz CT molecular complexity index is 394. The number of ether oxygens (including phenoxy) is 1. The number of benzene rings is 1. The average Bonchev–Trinajstić information content (AvgIpc) is 2.34. The van der Waals surface area contributed by atoms with Crippen molar-refractivity contribution >= 4 is 5.69 Å². The van der Waals surface area contributed by atoms with Crippen LogP contribution < -0.4 is 5.73 Å². The fraction of sp³-hybridized carbons (Fsp3) is 0.600. The molecule has 0 heterocycles. The lowest BCUT2D eigenvalue weighted by Gasteiger charge is -2.26. The van der Waals surface area contributed by atoms with E-state index < -0.39 is 0 Å². The van der Waals surface area contributed by atoms with E-state index in [4.69, 9.17) is 10.5 Å². The lowest BCUT2D eigenvalue weighted by atomic mass is 9.83. The molecule has 0 amide bonds. The largest absolute Gasteiger partial charge is 0.396 e. The molecular weight excluding hydrogens is 229 g/mol. The third-order valence-corrected chi connectivity index (χ3v) is 3.73. The molecule has 1 aliphatic carbocycles. The highest BCUT2D eigenvalue weighted by molar-refractivity contribution is 5.41. The molecule has 0 bridgehead atoms. The van der Waals surface area contributed by atoms with Crippen molar-refractivity contribution in [3.63, 3.8) is 0 Å². The van der Waals surface area contributed by atoms with E-state index in [9.17, 15) is 4.39 Å². The molecule has 3 heteroatoms. The van der Waals surface area contributed by atoms with E-state index >= 15 is 0 Å². The Morgan fingerprint density at radius 1 is 1.39 bits per heavy atom. The number of rotatable bonds is 4. The van der Waals surface area contributed by atoms with Gasteiger partial charge in [0.15, 0.2) is 0 Å². The van der Waals surface area contributed by atoms with Crippen molar-refractivity contribution in [3.05, 3.63) is 29.6 Å². The fourth-order valence-electron chi connectivity index (χ4n) is 2.71. The minimum Gasteiger partial charge on any atom is -0.396 e. The van der Waals surface area contributed by atoms with Crippen LogP contribution >= 0.6 is 0 Å². The zero-order valence-corrected chi connectivity index (χ0v) is 11.0. The summed E-state index contributed by atoms with van der Waals surface area (Å²) in [5.41, 5.74) is 6.48. The molecule has 2 nitrogen and oxygen atoms in total. The van der Waals surface area contributed by atoms with Gasteiger partial charge in [0.05, 0.1) is 12.3 Å². The Kier molecular flexibility index (Phi) is 4.59. The molecule has 0 aliphatic heterocycles. The van der Waals surface area contributed by atoms with Crippen LogP contribution in [0.1, 0.15) is 38.2 Å². The van der Waals surface area contributed by atoms with Crippen molar-refractivity contribution in [2.75, 3.05) is 12.3 Å². The Morgan fingerprint density at radius 2 is 2.22 bits per heavy atom. The van der Waals surface area contributed by atoms with Crippen molar-refractivity contribution in [1.29, 1.82) is 0 Å². The monoisotopic (exact) mass is 251 g/mol. The summed E-state index contributed by atoms with van der Waals surface area (Å²) in [5, 5.41) is 0.